The highest BCUT2D eigenvalue weighted by Gasteiger charge is 2.39. The number of rotatable bonds is 18. The first-order valence-corrected chi connectivity index (χ1v) is 17.2. The Hall–Kier alpha value is -3.78. The van der Waals surface area contributed by atoms with Crippen molar-refractivity contribution in [1.29, 1.82) is 0 Å². The van der Waals surface area contributed by atoms with E-state index >= 15 is 0 Å². The molecule has 256 valence electrons. The Morgan fingerprint density at radius 1 is 0.915 bits per heavy atom. The van der Waals surface area contributed by atoms with Crippen molar-refractivity contribution in [3.8, 4) is 17.2 Å². The maximum atomic E-state index is 14.1. The van der Waals surface area contributed by atoms with Gasteiger partial charge in [-0.2, -0.15) is 0 Å². The molecule has 0 radical (unpaired) electrons. The minimum Gasteiger partial charge on any atom is -0.493 e. The average Bonchev–Trinajstić information content (AvgIpc) is 3.12. The van der Waals surface area contributed by atoms with Gasteiger partial charge in [0.2, 0.25) is 5.91 Å². The number of benzene rings is 2. The Morgan fingerprint density at radius 2 is 1.70 bits per heavy atom. The molecule has 0 bridgehead atoms. The third-order valence-corrected chi connectivity index (χ3v) is 9.38. The molecule has 47 heavy (non-hydrogen) atoms. The number of carbonyl (C=O) groups is 2. The van der Waals surface area contributed by atoms with Gasteiger partial charge in [-0.1, -0.05) is 49.6 Å². The lowest BCUT2D eigenvalue weighted by Crippen LogP contribution is -2.52. The highest BCUT2D eigenvalue weighted by Crippen LogP contribution is 2.36. The second kappa shape index (κ2) is 19.1. The predicted molar refractivity (Wildman–Crippen MR) is 184 cm³/mol. The molecule has 2 unspecified atom stereocenters. The molecule has 2 aromatic carbocycles. The Balaban J connectivity index is 1.54. The number of hydrogen-bond donors (Lipinski definition) is 0. The van der Waals surface area contributed by atoms with Crippen molar-refractivity contribution in [3.05, 3.63) is 78.9 Å². The van der Waals surface area contributed by atoms with E-state index in [0.29, 0.717) is 75.2 Å². The molecule has 2 aromatic rings. The molecule has 1 saturated heterocycles. The molecule has 8 heteroatoms. The molecule has 2 fully saturated rings. The normalized spacial score (nSPS) is 18.1. The van der Waals surface area contributed by atoms with Gasteiger partial charge in [0.1, 0.15) is 24.5 Å². The summed E-state index contributed by atoms with van der Waals surface area (Å²) in [7, 11) is 3.23. The summed E-state index contributed by atoms with van der Waals surface area (Å²) in [5.41, 5.74) is 1.87. The van der Waals surface area contributed by atoms with Crippen molar-refractivity contribution in [3.63, 3.8) is 0 Å². The van der Waals surface area contributed by atoms with Crippen LogP contribution < -0.4 is 14.2 Å². The van der Waals surface area contributed by atoms with Crippen LogP contribution in [-0.4, -0.2) is 63.4 Å². The van der Waals surface area contributed by atoms with Gasteiger partial charge in [-0.15, -0.1) is 13.2 Å². The zero-order chi connectivity index (χ0) is 33.4. The fourth-order valence-corrected chi connectivity index (χ4v) is 6.90. The lowest BCUT2D eigenvalue weighted by atomic mass is 9.77. The highest BCUT2D eigenvalue weighted by atomic mass is 16.5. The van der Waals surface area contributed by atoms with Gasteiger partial charge < -0.3 is 28.6 Å². The Morgan fingerprint density at radius 3 is 2.45 bits per heavy atom. The monoisotopic (exact) mass is 647 g/mol. The number of esters is 1. The van der Waals surface area contributed by atoms with E-state index in [-0.39, 0.29) is 17.8 Å². The van der Waals surface area contributed by atoms with Gasteiger partial charge >= 0.3 is 5.97 Å². The molecule has 2 aliphatic rings. The first kappa shape index (κ1) is 36.1. The number of ether oxygens (including phenoxy) is 5. The number of allylic oxidation sites excluding steroid dienone is 1. The van der Waals surface area contributed by atoms with Crippen LogP contribution in [-0.2, 0) is 25.5 Å². The molecule has 1 heterocycles. The molecule has 0 aromatic heterocycles. The Kier molecular flexibility index (Phi) is 14.7. The molecule has 1 aliphatic heterocycles. The minimum absolute atomic E-state index is 0.0781. The maximum absolute atomic E-state index is 14.1. The zero-order valence-corrected chi connectivity index (χ0v) is 28.3. The van der Waals surface area contributed by atoms with E-state index in [0.717, 1.165) is 49.7 Å². The fraction of sp³-hybridized carbons (Fsp3) is 0.538. The van der Waals surface area contributed by atoms with Crippen molar-refractivity contribution in [2.45, 2.75) is 82.8 Å². The molecule has 1 amide bonds. The van der Waals surface area contributed by atoms with Crippen LogP contribution in [0.15, 0.2) is 67.8 Å². The van der Waals surface area contributed by atoms with Crippen molar-refractivity contribution in [2.75, 3.05) is 40.6 Å². The molecule has 0 spiro atoms. The Bertz CT molecular complexity index is 1300. The van der Waals surface area contributed by atoms with Crippen molar-refractivity contribution < 1.29 is 33.3 Å². The number of amides is 1. The van der Waals surface area contributed by atoms with Crippen LogP contribution in [0.3, 0.4) is 0 Å². The largest absolute Gasteiger partial charge is 0.493 e. The summed E-state index contributed by atoms with van der Waals surface area (Å²) in [5, 5.41) is 0. The molecular formula is C39H53NO7. The van der Waals surface area contributed by atoms with Gasteiger partial charge in [-0.25, -0.2) is 4.79 Å². The van der Waals surface area contributed by atoms with E-state index in [9.17, 15) is 9.59 Å². The first-order valence-electron chi connectivity index (χ1n) is 17.2. The van der Waals surface area contributed by atoms with Gasteiger partial charge in [0.25, 0.3) is 0 Å². The summed E-state index contributed by atoms with van der Waals surface area (Å²) in [6.07, 6.45) is 12.9. The molecule has 4 rings (SSSR count). The number of methoxy groups -OCH3 is 2. The topological polar surface area (TPSA) is 83.5 Å². The average molecular weight is 648 g/mol. The summed E-state index contributed by atoms with van der Waals surface area (Å²) < 4.78 is 28.7. The molecule has 8 nitrogen and oxygen atoms in total. The number of piperidine rings is 1. The van der Waals surface area contributed by atoms with E-state index in [1.54, 1.807) is 20.3 Å². The quantitative estimate of drug-likeness (QED) is 0.0934. The maximum Gasteiger partial charge on any atom is 0.329 e. The van der Waals surface area contributed by atoms with Crippen molar-refractivity contribution in [2.24, 2.45) is 11.8 Å². The van der Waals surface area contributed by atoms with E-state index in [1.807, 2.05) is 53.4 Å². The lowest BCUT2D eigenvalue weighted by Gasteiger charge is -2.39. The second-order valence-corrected chi connectivity index (χ2v) is 12.5. The smallest absolute Gasteiger partial charge is 0.329 e. The summed E-state index contributed by atoms with van der Waals surface area (Å²) in [6.45, 7) is 9.49. The third kappa shape index (κ3) is 10.4. The van der Waals surface area contributed by atoms with E-state index in [2.05, 4.69) is 13.2 Å². The van der Waals surface area contributed by atoms with Crippen molar-refractivity contribution in [1.82, 2.24) is 4.90 Å². The Labute approximate surface area is 281 Å². The first-order chi connectivity index (χ1) is 23.0. The van der Waals surface area contributed by atoms with E-state index < -0.39 is 12.1 Å². The summed E-state index contributed by atoms with van der Waals surface area (Å²) in [5.74, 6) is 1.92. The van der Waals surface area contributed by atoms with Crippen molar-refractivity contribution >= 4 is 11.9 Å². The molecule has 1 aliphatic carbocycles. The third-order valence-electron chi connectivity index (χ3n) is 9.38. The number of carbonyl (C=O) groups excluding carboxylic acids is 2. The van der Waals surface area contributed by atoms with Gasteiger partial charge in [0.05, 0.1) is 27.4 Å². The van der Waals surface area contributed by atoms with E-state index in [1.165, 1.54) is 6.42 Å². The van der Waals surface area contributed by atoms with Gasteiger partial charge in [-0.3, -0.25) is 4.79 Å². The molecule has 0 N–H and O–H groups in total. The molecule has 1 saturated carbocycles. The second-order valence-electron chi connectivity index (χ2n) is 12.5. The summed E-state index contributed by atoms with van der Waals surface area (Å²) in [4.78, 5) is 30.0. The van der Waals surface area contributed by atoms with Crippen LogP contribution in [0, 0.1) is 11.8 Å². The number of nitrogens with zero attached hydrogens (tertiary/aromatic N) is 1. The summed E-state index contributed by atoms with van der Waals surface area (Å²) in [6, 6.07) is 12.9. The number of hydrogen-bond acceptors (Lipinski definition) is 7. The number of likely N-dealkylation sites (tertiary alicyclic amines) is 1. The molecular weight excluding hydrogens is 594 g/mol. The van der Waals surface area contributed by atoms with Gasteiger partial charge in [0.15, 0.2) is 11.5 Å². The fourth-order valence-electron chi connectivity index (χ4n) is 6.90. The van der Waals surface area contributed by atoms with Crippen LogP contribution in [0.25, 0.3) is 0 Å². The molecule has 3 atom stereocenters. The minimum atomic E-state index is -0.600. The predicted octanol–water partition coefficient (Wildman–Crippen LogP) is 7.66. The highest BCUT2D eigenvalue weighted by molar-refractivity contribution is 5.86. The lowest BCUT2D eigenvalue weighted by molar-refractivity contribution is -0.164. The van der Waals surface area contributed by atoms with Gasteiger partial charge in [-0.05, 0) is 92.7 Å². The van der Waals surface area contributed by atoms with Crippen LogP contribution in [0.4, 0.5) is 0 Å². The van der Waals surface area contributed by atoms with Gasteiger partial charge in [0, 0.05) is 12.5 Å². The van der Waals surface area contributed by atoms with Crippen LogP contribution in [0.5, 0.6) is 17.2 Å². The standard InChI is InChI=1S/C39H53NO7/c1-5-13-33(30-14-8-7-9-15-30)38(41)40-23-11-10-18-34(40)39(42)47-35(21-19-29-20-22-36(43-3)37(27-29)44-4)31-16-12-17-32(28-31)46-26-25-45-24-6-2/h5-6,12,16-17,20,22,27-28,30,33-35H,1-2,7-11,13-15,18-19,21,23-26H2,3-4H3/t33?,34-,35?/m1/s1. The van der Waals surface area contributed by atoms with Crippen LogP contribution in [0.1, 0.15) is 81.4 Å². The van der Waals surface area contributed by atoms with Crippen LogP contribution >= 0.6 is 0 Å². The number of aryl methyl sites for hydroxylation is 1. The summed E-state index contributed by atoms with van der Waals surface area (Å²) >= 11 is 0. The SMILES string of the molecule is C=CCOCCOc1cccc(C(CCc2ccc(OC)c(OC)c2)OC(=O)[C@H]2CCCCN2C(=O)C(CC=C)C2CCCCC2)c1. The van der Waals surface area contributed by atoms with Crippen LogP contribution in [0.2, 0.25) is 0 Å². The van der Waals surface area contributed by atoms with E-state index in [4.69, 9.17) is 23.7 Å². The zero-order valence-electron chi connectivity index (χ0n) is 28.3.